The van der Waals surface area contributed by atoms with Gasteiger partial charge in [-0.1, -0.05) is 30.3 Å². The molecule has 7 heteroatoms. The maximum Gasteiger partial charge on any atom is 0.270 e. The minimum atomic E-state index is -0.521. The van der Waals surface area contributed by atoms with Crippen molar-refractivity contribution in [1.29, 1.82) is 0 Å². The quantitative estimate of drug-likeness (QED) is 0.371. The Balaban J connectivity index is 1.80. The molecule has 1 aliphatic rings. The van der Waals surface area contributed by atoms with Gasteiger partial charge in [-0.25, -0.2) is 4.90 Å². The number of carbonyl (C=O) groups excluding carboxylic acids is 2. The van der Waals surface area contributed by atoms with Gasteiger partial charge in [0.15, 0.2) is 5.11 Å². The molecule has 2 heterocycles. The molecule has 2 amide bonds. The number of methoxy groups -OCH3 is 1. The Kier molecular flexibility index (Phi) is 5.67. The van der Waals surface area contributed by atoms with Crippen molar-refractivity contribution in [3.8, 4) is 11.4 Å². The van der Waals surface area contributed by atoms with E-state index in [1.807, 2.05) is 38.1 Å². The van der Waals surface area contributed by atoms with Crippen LogP contribution in [-0.4, -0.2) is 28.6 Å². The molecular formula is C25H23N3O3S. The summed E-state index contributed by atoms with van der Waals surface area (Å²) in [6.07, 6.45) is 1.62. The highest BCUT2D eigenvalue weighted by Crippen LogP contribution is 2.31. The van der Waals surface area contributed by atoms with Gasteiger partial charge in [0.05, 0.1) is 12.8 Å². The first-order chi connectivity index (χ1) is 15.3. The van der Waals surface area contributed by atoms with Crippen LogP contribution in [0.5, 0.6) is 5.75 Å². The number of aryl methyl sites for hydroxylation is 2. The smallest absolute Gasteiger partial charge is 0.270 e. The fraction of sp³-hybridized carbons (Fsp3) is 0.160. The number of aromatic nitrogens is 1. The second kappa shape index (κ2) is 8.43. The topological polar surface area (TPSA) is 63.6 Å². The molecule has 1 saturated heterocycles. The molecule has 32 heavy (non-hydrogen) atoms. The first kappa shape index (κ1) is 21.5. The number of nitrogens with one attached hydrogen (secondary N) is 1. The third kappa shape index (κ3) is 3.61. The highest BCUT2D eigenvalue weighted by atomic mass is 32.1. The van der Waals surface area contributed by atoms with Crippen LogP contribution in [0.25, 0.3) is 11.8 Å². The van der Waals surface area contributed by atoms with Crippen molar-refractivity contribution >= 4 is 40.9 Å². The number of carbonyl (C=O) groups is 2. The van der Waals surface area contributed by atoms with E-state index in [4.69, 9.17) is 17.0 Å². The number of nitrogens with zero attached hydrogens (tertiary/aromatic N) is 2. The molecule has 1 aromatic heterocycles. The second-order valence-corrected chi connectivity index (χ2v) is 7.96. The number of hydrogen-bond acceptors (Lipinski definition) is 4. The first-order valence-corrected chi connectivity index (χ1v) is 10.5. The van der Waals surface area contributed by atoms with Gasteiger partial charge >= 0.3 is 0 Å². The Hall–Kier alpha value is -3.71. The normalized spacial score (nSPS) is 15.3. The Morgan fingerprint density at radius 3 is 2.31 bits per heavy atom. The van der Waals surface area contributed by atoms with E-state index in [9.17, 15) is 9.59 Å². The molecule has 0 aliphatic carbocycles. The van der Waals surface area contributed by atoms with Crippen LogP contribution in [0, 0.1) is 20.8 Å². The summed E-state index contributed by atoms with van der Waals surface area (Å²) in [5.41, 5.74) is 5.40. The number of thiocarbonyl (C=S) groups is 1. The summed E-state index contributed by atoms with van der Waals surface area (Å²) in [5.74, 6) is -0.535. The van der Waals surface area contributed by atoms with Crippen LogP contribution in [0.2, 0.25) is 0 Å². The third-order valence-corrected chi connectivity index (χ3v) is 5.84. The zero-order chi connectivity index (χ0) is 23.0. The number of rotatable bonds is 4. The molecule has 1 fully saturated rings. The molecule has 0 radical (unpaired) electrons. The SMILES string of the molecule is COc1ccccc1N1C(=O)/C(=C/c2cc(C)n(-c3ccccc3C)c2C)C(=O)NC1=S. The predicted molar refractivity (Wildman–Crippen MR) is 129 cm³/mol. The largest absolute Gasteiger partial charge is 0.495 e. The van der Waals surface area contributed by atoms with E-state index in [2.05, 4.69) is 22.9 Å². The number of anilines is 1. The van der Waals surface area contributed by atoms with E-state index in [0.717, 1.165) is 28.2 Å². The summed E-state index contributed by atoms with van der Waals surface area (Å²) in [6.45, 7) is 6.02. The summed E-state index contributed by atoms with van der Waals surface area (Å²) in [7, 11) is 1.52. The standard InChI is InChI=1S/C25H23N3O3S/c1-15-9-5-6-10-20(15)27-16(2)13-18(17(27)3)14-19-23(29)26-25(32)28(24(19)30)21-11-7-8-12-22(21)31-4/h5-14H,1-4H3,(H,26,29,32)/b19-14+. The molecule has 0 spiro atoms. The van der Waals surface area contributed by atoms with Gasteiger partial charge in [-0.2, -0.15) is 0 Å². The van der Waals surface area contributed by atoms with Gasteiger partial charge in [-0.05, 0) is 74.5 Å². The van der Waals surface area contributed by atoms with Crippen LogP contribution in [0.1, 0.15) is 22.5 Å². The summed E-state index contributed by atoms with van der Waals surface area (Å²) in [6, 6.07) is 17.1. The number of amides is 2. The molecule has 1 N–H and O–H groups in total. The van der Waals surface area contributed by atoms with Crippen molar-refractivity contribution in [2.24, 2.45) is 0 Å². The van der Waals surface area contributed by atoms with Crippen LogP contribution >= 0.6 is 12.2 Å². The van der Waals surface area contributed by atoms with Crippen molar-refractivity contribution in [2.45, 2.75) is 20.8 Å². The molecule has 6 nitrogen and oxygen atoms in total. The van der Waals surface area contributed by atoms with E-state index >= 15 is 0 Å². The van der Waals surface area contributed by atoms with Gasteiger partial charge in [0.25, 0.3) is 11.8 Å². The molecule has 0 atom stereocenters. The molecule has 4 rings (SSSR count). The highest BCUT2D eigenvalue weighted by Gasteiger charge is 2.36. The number of ether oxygens (including phenoxy) is 1. The zero-order valence-corrected chi connectivity index (χ0v) is 19.1. The van der Waals surface area contributed by atoms with Crippen molar-refractivity contribution in [2.75, 3.05) is 12.0 Å². The van der Waals surface area contributed by atoms with Crippen LogP contribution < -0.4 is 15.0 Å². The van der Waals surface area contributed by atoms with Gasteiger partial charge in [0, 0.05) is 17.1 Å². The van der Waals surface area contributed by atoms with Crippen LogP contribution in [0.4, 0.5) is 5.69 Å². The second-order valence-electron chi connectivity index (χ2n) is 7.58. The Morgan fingerprint density at radius 1 is 0.969 bits per heavy atom. The maximum absolute atomic E-state index is 13.4. The number of hydrogen-bond donors (Lipinski definition) is 1. The molecule has 0 bridgehead atoms. The lowest BCUT2D eigenvalue weighted by molar-refractivity contribution is -0.122. The fourth-order valence-corrected chi connectivity index (χ4v) is 4.24. The van der Waals surface area contributed by atoms with Crippen LogP contribution in [0.15, 0.2) is 60.2 Å². The molecular weight excluding hydrogens is 422 g/mol. The molecule has 0 saturated carbocycles. The Labute approximate surface area is 192 Å². The Morgan fingerprint density at radius 2 is 1.62 bits per heavy atom. The predicted octanol–water partition coefficient (Wildman–Crippen LogP) is 4.24. The maximum atomic E-state index is 13.4. The molecule has 3 aromatic rings. The van der Waals surface area contributed by atoms with Gasteiger partial charge in [0.2, 0.25) is 0 Å². The molecule has 162 valence electrons. The van der Waals surface area contributed by atoms with E-state index < -0.39 is 11.8 Å². The molecule has 2 aromatic carbocycles. The summed E-state index contributed by atoms with van der Waals surface area (Å²) in [4.78, 5) is 27.4. The van der Waals surface area contributed by atoms with Crippen molar-refractivity contribution in [3.05, 3.63) is 82.7 Å². The third-order valence-electron chi connectivity index (χ3n) is 5.55. The lowest BCUT2D eigenvalue weighted by Gasteiger charge is -2.29. The lowest BCUT2D eigenvalue weighted by atomic mass is 10.1. The van der Waals surface area contributed by atoms with Crippen molar-refractivity contribution in [3.63, 3.8) is 0 Å². The minimum absolute atomic E-state index is 0.00883. The van der Waals surface area contributed by atoms with Gasteiger partial charge in [-0.3, -0.25) is 14.9 Å². The monoisotopic (exact) mass is 445 g/mol. The van der Waals surface area contributed by atoms with Crippen LogP contribution in [0.3, 0.4) is 0 Å². The zero-order valence-electron chi connectivity index (χ0n) is 18.3. The summed E-state index contributed by atoms with van der Waals surface area (Å²) < 4.78 is 7.51. The van der Waals surface area contributed by atoms with Crippen LogP contribution in [-0.2, 0) is 9.59 Å². The summed E-state index contributed by atoms with van der Waals surface area (Å²) >= 11 is 5.30. The van der Waals surface area contributed by atoms with E-state index in [1.54, 1.807) is 30.3 Å². The van der Waals surface area contributed by atoms with Gasteiger partial charge in [0.1, 0.15) is 11.3 Å². The molecule has 0 unspecified atom stereocenters. The average Bonchev–Trinajstić information content (AvgIpc) is 3.04. The van der Waals surface area contributed by atoms with E-state index in [-0.39, 0.29) is 10.7 Å². The lowest BCUT2D eigenvalue weighted by Crippen LogP contribution is -2.54. The molecule has 1 aliphatic heterocycles. The van der Waals surface area contributed by atoms with Crippen molar-refractivity contribution < 1.29 is 14.3 Å². The Bertz CT molecular complexity index is 1290. The van der Waals surface area contributed by atoms with E-state index in [1.165, 1.54) is 12.0 Å². The van der Waals surface area contributed by atoms with Gasteiger partial charge in [-0.15, -0.1) is 0 Å². The fourth-order valence-electron chi connectivity index (χ4n) is 3.97. The summed E-state index contributed by atoms with van der Waals surface area (Å²) in [5, 5.41) is 2.65. The number of para-hydroxylation sites is 3. The first-order valence-electron chi connectivity index (χ1n) is 10.1. The minimum Gasteiger partial charge on any atom is -0.495 e. The average molecular weight is 446 g/mol. The number of benzene rings is 2. The van der Waals surface area contributed by atoms with Gasteiger partial charge < -0.3 is 9.30 Å². The van der Waals surface area contributed by atoms with E-state index in [0.29, 0.717) is 11.4 Å². The highest BCUT2D eigenvalue weighted by molar-refractivity contribution is 7.80. The van der Waals surface area contributed by atoms with Crippen molar-refractivity contribution in [1.82, 2.24) is 9.88 Å².